The summed E-state index contributed by atoms with van der Waals surface area (Å²) in [7, 11) is -1.89. The molecular formula is C12H20N4O3S. The van der Waals surface area contributed by atoms with Crippen LogP contribution >= 0.6 is 0 Å². The summed E-state index contributed by atoms with van der Waals surface area (Å²) in [5, 5.41) is 0. The number of nitrogens with zero attached hydrogens (tertiary/aromatic N) is 1. The van der Waals surface area contributed by atoms with Gasteiger partial charge in [0.1, 0.15) is 5.82 Å². The minimum absolute atomic E-state index is 0.0606. The summed E-state index contributed by atoms with van der Waals surface area (Å²) in [5.41, 5.74) is 2.39. The van der Waals surface area contributed by atoms with Gasteiger partial charge in [0.05, 0.1) is 4.90 Å². The quantitative estimate of drug-likeness (QED) is 0.476. The largest absolute Gasteiger partial charge is 0.385 e. The number of hydrogen-bond donors (Lipinski definition) is 3. The van der Waals surface area contributed by atoms with Crippen molar-refractivity contribution in [3.05, 3.63) is 18.3 Å². The lowest BCUT2D eigenvalue weighted by atomic mass is 10.0. The second-order valence-electron chi connectivity index (χ2n) is 5.09. The third-order valence-electron chi connectivity index (χ3n) is 3.62. The van der Waals surface area contributed by atoms with Crippen LogP contribution in [0.15, 0.2) is 23.2 Å². The van der Waals surface area contributed by atoms with E-state index in [4.69, 9.17) is 10.6 Å². The molecule has 0 aromatic carbocycles. The minimum atomic E-state index is -3.54. The Morgan fingerprint density at radius 2 is 2.25 bits per heavy atom. The van der Waals surface area contributed by atoms with E-state index in [1.807, 2.05) is 0 Å². The third-order valence-corrected chi connectivity index (χ3v) is 5.02. The molecule has 0 saturated heterocycles. The summed E-state index contributed by atoms with van der Waals surface area (Å²) in [6, 6.07) is 2.84. The van der Waals surface area contributed by atoms with E-state index in [-0.39, 0.29) is 10.3 Å². The molecule has 2 rings (SSSR count). The Bertz CT molecular complexity index is 558. The van der Waals surface area contributed by atoms with Gasteiger partial charge in [-0.1, -0.05) is 0 Å². The van der Waals surface area contributed by atoms with Crippen molar-refractivity contribution in [2.75, 3.05) is 25.7 Å². The lowest BCUT2D eigenvalue weighted by Crippen LogP contribution is -2.31. The van der Waals surface area contributed by atoms with Gasteiger partial charge in [-0.3, -0.25) is 0 Å². The van der Waals surface area contributed by atoms with Crippen molar-refractivity contribution in [1.29, 1.82) is 0 Å². The first-order valence-electron chi connectivity index (χ1n) is 6.43. The molecule has 1 fully saturated rings. The molecule has 0 amide bonds. The van der Waals surface area contributed by atoms with Crippen molar-refractivity contribution >= 4 is 15.8 Å². The maximum atomic E-state index is 12.2. The van der Waals surface area contributed by atoms with Gasteiger partial charge in [0.25, 0.3) is 0 Å². The zero-order valence-electron chi connectivity index (χ0n) is 11.4. The van der Waals surface area contributed by atoms with Gasteiger partial charge in [0.2, 0.25) is 10.0 Å². The van der Waals surface area contributed by atoms with Crippen molar-refractivity contribution in [2.24, 2.45) is 11.3 Å². The first-order chi connectivity index (χ1) is 9.51. The van der Waals surface area contributed by atoms with Crippen LogP contribution in [-0.4, -0.2) is 33.7 Å². The van der Waals surface area contributed by atoms with Gasteiger partial charge in [-0.05, 0) is 30.7 Å². The predicted molar refractivity (Wildman–Crippen MR) is 75.4 cm³/mol. The van der Waals surface area contributed by atoms with E-state index in [1.165, 1.54) is 18.3 Å². The molecule has 1 aliphatic rings. The number of nitrogens with two attached hydrogens (primary N) is 1. The van der Waals surface area contributed by atoms with Crippen LogP contribution < -0.4 is 16.0 Å². The number of aromatic nitrogens is 1. The molecule has 1 aromatic rings. The molecule has 0 spiro atoms. The number of anilines is 1. The highest BCUT2D eigenvalue weighted by molar-refractivity contribution is 7.89. The normalized spacial score (nSPS) is 16.9. The monoisotopic (exact) mass is 300 g/mol. The number of hydrogen-bond acceptors (Lipinski definition) is 6. The van der Waals surface area contributed by atoms with Gasteiger partial charge < -0.3 is 10.2 Å². The van der Waals surface area contributed by atoms with Crippen LogP contribution in [0.4, 0.5) is 5.82 Å². The van der Waals surface area contributed by atoms with Gasteiger partial charge in [-0.15, -0.1) is 0 Å². The van der Waals surface area contributed by atoms with Crippen LogP contribution in [-0.2, 0) is 14.8 Å². The van der Waals surface area contributed by atoms with Crippen LogP contribution in [0, 0.1) is 5.41 Å². The maximum Gasteiger partial charge on any atom is 0.240 e. The Hall–Kier alpha value is -1.22. The second kappa shape index (κ2) is 6.04. The fourth-order valence-electron chi connectivity index (χ4n) is 2.00. The lowest BCUT2D eigenvalue weighted by Gasteiger charge is -2.15. The molecule has 1 aromatic heterocycles. The van der Waals surface area contributed by atoms with E-state index in [0.29, 0.717) is 19.0 Å². The summed E-state index contributed by atoms with van der Waals surface area (Å²) in [6.45, 7) is 1.09. The molecule has 0 atom stereocenters. The molecule has 8 heteroatoms. The first-order valence-corrected chi connectivity index (χ1v) is 7.91. The number of nitrogens with one attached hydrogen (secondary N) is 2. The van der Waals surface area contributed by atoms with Crippen LogP contribution in [0.3, 0.4) is 0 Å². The van der Waals surface area contributed by atoms with Crippen LogP contribution in [0.2, 0.25) is 0 Å². The van der Waals surface area contributed by atoms with Crippen LogP contribution in [0.1, 0.15) is 19.3 Å². The van der Waals surface area contributed by atoms with E-state index in [9.17, 15) is 8.42 Å². The van der Waals surface area contributed by atoms with Crippen LogP contribution in [0.25, 0.3) is 0 Å². The Morgan fingerprint density at radius 1 is 1.50 bits per heavy atom. The molecule has 4 N–H and O–H groups in total. The summed E-state index contributed by atoms with van der Waals surface area (Å²) in [4.78, 5) is 4.04. The smallest absolute Gasteiger partial charge is 0.240 e. The number of methoxy groups -OCH3 is 1. The highest BCUT2D eigenvalue weighted by atomic mass is 32.2. The van der Waals surface area contributed by atoms with Gasteiger partial charge in [-0.25, -0.2) is 24.0 Å². The minimum Gasteiger partial charge on any atom is -0.385 e. The third kappa shape index (κ3) is 3.66. The first kappa shape index (κ1) is 15.2. The fraction of sp³-hybridized carbons (Fsp3) is 0.583. The number of pyridine rings is 1. The molecule has 112 valence electrons. The highest BCUT2D eigenvalue weighted by Crippen LogP contribution is 2.48. The van der Waals surface area contributed by atoms with Crippen molar-refractivity contribution in [1.82, 2.24) is 9.71 Å². The number of nitrogen functional groups attached to an aromatic ring is 1. The number of ether oxygens (including phenoxy) is 1. The lowest BCUT2D eigenvalue weighted by molar-refractivity contribution is 0.173. The van der Waals surface area contributed by atoms with Gasteiger partial charge in [0.15, 0.2) is 0 Å². The zero-order valence-corrected chi connectivity index (χ0v) is 12.2. The molecule has 20 heavy (non-hydrogen) atoms. The van der Waals surface area contributed by atoms with Crippen molar-refractivity contribution in [2.45, 2.75) is 24.2 Å². The van der Waals surface area contributed by atoms with Crippen molar-refractivity contribution < 1.29 is 13.2 Å². The average molecular weight is 300 g/mol. The van der Waals surface area contributed by atoms with Gasteiger partial charge in [-0.2, -0.15) is 0 Å². The fourth-order valence-corrected chi connectivity index (χ4v) is 3.17. The average Bonchev–Trinajstić information content (AvgIpc) is 3.24. The molecule has 0 unspecified atom stereocenters. The number of hydrazine groups is 1. The molecule has 7 nitrogen and oxygen atoms in total. The highest BCUT2D eigenvalue weighted by Gasteiger charge is 2.42. The molecule has 0 radical (unpaired) electrons. The SMILES string of the molecule is COCCC1(CNS(=O)(=O)c2ccnc(NN)c2)CC1. The summed E-state index contributed by atoms with van der Waals surface area (Å²) in [6.07, 6.45) is 4.34. The molecule has 1 aliphatic carbocycles. The summed E-state index contributed by atoms with van der Waals surface area (Å²) < 4.78 is 32.1. The van der Waals surface area contributed by atoms with E-state index in [0.717, 1.165) is 19.3 Å². The second-order valence-corrected chi connectivity index (χ2v) is 6.86. The predicted octanol–water partition coefficient (Wildman–Crippen LogP) is 0.462. The molecule has 1 saturated carbocycles. The Morgan fingerprint density at radius 3 is 2.85 bits per heavy atom. The van der Waals surface area contributed by atoms with E-state index in [2.05, 4.69) is 15.1 Å². The van der Waals surface area contributed by atoms with Gasteiger partial charge >= 0.3 is 0 Å². The van der Waals surface area contributed by atoms with Crippen molar-refractivity contribution in [3.63, 3.8) is 0 Å². The summed E-state index contributed by atoms with van der Waals surface area (Å²) in [5.74, 6) is 5.54. The molecular weight excluding hydrogens is 280 g/mol. The topological polar surface area (TPSA) is 106 Å². The molecule has 1 heterocycles. The Kier molecular flexibility index (Phi) is 4.59. The van der Waals surface area contributed by atoms with E-state index < -0.39 is 10.0 Å². The van der Waals surface area contributed by atoms with Crippen LogP contribution in [0.5, 0.6) is 0 Å². The Labute approximate surface area is 118 Å². The number of sulfonamides is 1. The van der Waals surface area contributed by atoms with E-state index in [1.54, 1.807) is 7.11 Å². The maximum absolute atomic E-state index is 12.2. The molecule has 0 aliphatic heterocycles. The van der Waals surface area contributed by atoms with Gasteiger partial charge in [0, 0.05) is 32.5 Å². The summed E-state index contributed by atoms with van der Waals surface area (Å²) >= 11 is 0. The van der Waals surface area contributed by atoms with E-state index >= 15 is 0 Å². The van der Waals surface area contributed by atoms with Crippen molar-refractivity contribution in [3.8, 4) is 0 Å². The standard InChI is InChI=1S/C12H20N4O3S/c1-19-7-5-12(3-4-12)9-15-20(17,18)10-2-6-14-11(8-10)16-13/h2,6,8,15H,3-5,7,9,13H2,1H3,(H,14,16). The number of rotatable bonds is 8. The Balaban J connectivity index is 2.00. The molecule has 0 bridgehead atoms. The zero-order chi connectivity index (χ0) is 14.6.